The van der Waals surface area contributed by atoms with E-state index < -0.39 is 10.0 Å². The summed E-state index contributed by atoms with van der Waals surface area (Å²) in [6.07, 6.45) is 2.44. The predicted molar refractivity (Wildman–Crippen MR) is 108 cm³/mol. The zero-order valence-corrected chi connectivity index (χ0v) is 16.6. The van der Waals surface area contributed by atoms with E-state index in [-0.39, 0.29) is 16.3 Å². The first-order chi connectivity index (χ1) is 13.2. The Labute approximate surface area is 164 Å². The monoisotopic (exact) mass is 407 g/mol. The van der Waals surface area contributed by atoms with Gasteiger partial charge in [0.15, 0.2) is 5.84 Å². The lowest BCUT2D eigenvalue weighted by atomic mass is 10.0. The van der Waals surface area contributed by atoms with Crippen LogP contribution in [0.4, 0.5) is 0 Å². The number of hydrazine groups is 1. The number of rotatable bonds is 9. The Kier molecular flexibility index (Phi) is 7.29. The van der Waals surface area contributed by atoms with Crippen molar-refractivity contribution in [3.63, 3.8) is 0 Å². The number of hydrogen-bond acceptors (Lipinski definition) is 8. The summed E-state index contributed by atoms with van der Waals surface area (Å²) >= 11 is 0. The number of hydrogen-bond donors (Lipinski definition) is 4. The van der Waals surface area contributed by atoms with Crippen LogP contribution in [0.2, 0.25) is 0 Å². The number of nitrogens with one attached hydrogen (secondary N) is 1. The van der Waals surface area contributed by atoms with Crippen LogP contribution < -0.4 is 27.0 Å². The minimum absolute atomic E-state index is 0.119. The van der Waals surface area contributed by atoms with E-state index in [1.165, 1.54) is 6.07 Å². The zero-order valence-electron chi connectivity index (χ0n) is 15.8. The van der Waals surface area contributed by atoms with Gasteiger partial charge in [0.25, 0.3) is 0 Å². The van der Waals surface area contributed by atoms with Gasteiger partial charge in [-0.25, -0.2) is 29.9 Å². The van der Waals surface area contributed by atoms with E-state index in [4.69, 9.17) is 21.5 Å². The summed E-state index contributed by atoms with van der Waals surface area (Å²) < 4.78 is 29.6. The van der Waals surface area contributed by atoms with Gasteiger partial charge in [-0.2, -0.15) is 0 Å². The molecule has 10 nitrogen and oxygen atoms in total. The molecule has 0 unspecified atom stereocenters. The van der Waals surface area contributed by atoms with E-state index in [9.17, 15) is 8.42 Å². The van der Waals surface area contributed by atoms with E-state index in [1.54, 1.807) is 30.5 Å². The average Bonchev–Trinajstić information content (AvgIpc) is 2.64. The highest BCUT2D eigenvalue weighted by Crippen LogP contribution is 2.28. The van der Waals surface area contributed by atoms with Crippen LogP contribution in [0.25, 0.3) is 11.1 Å². The standard InChI is InChI=1S/C17H25N7O3S/c1-24(2)9-4-10-27-15-8-7-12(11-21-15)13-5-3-6-14(28(20,25)26)16(13)17(18)22-23-19/h3,5-8,11,23H,4,9-10,19H2,1-2H3,(H2,18,22)(H2,20,25,26). The topological polar surface area (TPSA) is 162 Å². The number of ether oxygens (including phenoxy) is 1. The molecule has 0 fully saturated rings. The number of pyridine rings is 1. The zero-order chi connectivity index (χ0) is 20.7. The fourth-order valence-electron chi connectivity index (χ4n) is 2.58. The highest BCUT2D eigenvalue weighted by Gasteiger charge is 2.21. The van der Waals surface area contributed by atoms with Crippen LogP contribution in [0, 0.1) is 0 Å². The molecular weight excluding hydrogens is 382 g/mol. The summed E-state index contributed by atoms with van der Waals surface area (Å²) in [4.78, 5) is 6.18. The summed E-state index contributed by atoms with van der Waals surface area (Å²) in [7, 11) is -0.0450. The van der Waals surface area contributed by atoms with Crippen molar-refractivity contribution in [1.29, 1.82) is 0 Å². The molecule has 0 aliphatic rings. The van der Waals surface area contributed by atoms with Crippen molar-refractivity contribution < 1.29 is 13.2 Å². The largest absolute Gasteiger partial charge is 0.478 e. The lowest BCUT2D eigenvalue weighted by molar-refractivity contribution is 0.273. The summed E-state index contributed by atoms with van der Waals surface area (Å²) in [5.74, 6) is 5.53. The molecule has 0 aliphatic heterocycles. The Morgan fingerprint density at radius 2 is 2.04 bits per heavy atom. The average molecular weight is 408 g/mol. The lowest BCUT2D eigenvalue weighted by Gasteiger charge is -2.14. The fourth-order valence-corrected chi connectivity index (χ4v) is 3.35. The second-order valence-electron chi connectivity index (χ2n) is 6.24. The van der Waals surface area contributed by atoms with Gasteiger partial charge < -0.3 is 15.4 Å². The highest BCUT2D eigenvalue weighted by atomic mass is 32.2. The molecule has 1 aromatic heterocycles. The summed E-state index contributed by atoms with van der Waals surface area (Å²) in [6.45, 7) is 1.45. The Hall–Kier alpha value is -2.73. The summed E-state index contributed by atoms with van der Waals surface area (Å²) in [6, 6.07) is 8.06. The van der Waals surface area contributed by atoms with E-state index in [0.717, 1.165) is 13.0 Å². The third-order valence-corrected chi connectivity index (χ3v) is 4.77. The Morgan fingerprint density at radius 3 is 2.61 bits per heavy atom. The van der Waals surface area contributed by atoms with Crippen LogP contribution in [0.5, 0.6) is 5.88 Å². The Balaban J connectivity index is 2.36. The van der Waals surface area contributed by atoms with Crippen molar-refractivity contribution >= 4 is 15.9 Å². The molecule has 0 saturated heterocycles. The van der Waals surface area contributed by atoms with Crippen LogP contribution in [0.1, 0.15) is 12.0 Å². The number of sulfonamides is 1. The van der Waals surface area contributed by atoms with Crippen molar-refractivity contribution in [2.45, 2.75) is 11.3 Å². The van der Waals surface area contributed by atoms with Gasteiger partial charge in [-0.05, 0) is 38.2 Å². The molecule has 1 heterocycles. The van der Waals surface area contributed by atoms with E-state index >= 15 is 0 Å². The highest BCUT2D eigenvalue weighted by molar-refractivity contribution is 7.89. The van der Waals surface area contributed by atoms with E-state index in [2.05, 4.69) is 20.5 Å². The molecule has 0 aliphatic carbocycles. The molecule has 0 spiro atoms. The van der Waals surface area contributed by atoms with E-state index in [0.29, 0.717) is 23.6 Å². The predicted octanol–water partition coefficient (Wildman–Crippen LogP) is -0.190. The van der Waals surface area contributed by atoms with Gasteiger partial charge in [0.1, 0.15) is 0 Å². The van der Waals surface area contributed by atoms with Crippen LogP contribution in [-0.4, -0.2) is 51.4 Å². The molecule has 2 rings (SSSR count). The SMILES string of the molecule is CN(C)CCCOc1ccc(-c2cccc(S(N)(=O)=O)c2/C(N)=N/NN)cn1. The number of primary sulfonamides is 1. The van der Waals surface area contributed by atoms with Crippen LogP contribution in [-0.2, 0) is 10.0 Å². The summed E-state index contributed by atoms with van der Waals surface area (Å²) in [5.41, 5.74) is 9.23. The minimum atomic E-state index is -4.04. The Morgan fingerprint density at radius 1 is 1.29 bits per heavy atom. The normalized spacial score (nSPS) is 12.2. The van der Waals surface area contributed by atoms with Gasteiger partial charge in [-0.3, -0.25) is 0 Å². The van der Waals surface area contributed by atoms with Gasteiger partial charge in [-0.1, -0.05) is 12.1 Å². The van der Waals surface area contributed by atoms with Crippen molar-refractivity contribution in [2.75, 3.05) is 27.2 Å². The molecule has 0 atom stereocenters. The van der Waals surface area contributed by atoms with Gasteiger partial charge >= 0.3 is 0 Å². The van der Waals surface area contributed by atoms with Crippen molar-refractivity contribution in [1.82, 2.24) is 15.4 Å². The maximum Gasteiger partial charge on any atom is 0.238 e. The maximum atomic E-state index is 12.0. The molecular formula is C17H25N7O3S. The van der Waals surface area contributed by atoms with Crippen molar-refractivity contribution in [3.05, 3.63) is 42.1 Å². The van der Waals surface area contributed by atoms with Crippen LogP contribution in [0.15, 0.2) is 46.5 Å². The molecule has 7 N–H and O–H groups in total. The summed E-state index contributed by atoms with van der Waals surface area (Å²) in [5, 5.41) is 9.01. The van der Waals surface area contributed by atoms with Gasteiger partial charge in [0, 0.05) is 29.9 Å². The number of benzene rings is 1. The quantitative estimate of drug-likeness (QED) is 0.146. The number of nitrogens with two attached hydrogens (primary N) is 3. The molecule has 2 aromatic rings. The number of aromatic nitrogens is 1. The van der Waals surface area contributed by atoms with Crippen LogP contribution >= 0.6 is 0 Å². The van der Waals surface area contributed by atoms with E-state index in [1.807, 2.05) is 14.1 Å². The van der Waals surface area contributed by atoms with Crippen molar-refractivity contribution in [2.24, 2.45) is 21.8 Å². The molecule has 28 heavy (non-hydrogen) atoms. The molecule has 11 heteroatoms. The minimum Gasteiger partial charge on any atom is -0.478 e. The first kappa shape index (κ1) is 21.6. The molecule has 152 valence electrons. The fraction of sp³-hybridized carbons (Fsp3) is 0.294. The molecule has 0 radical (unpaired) electrons. The smallest absolute Gasteiger partial charge is 0.238 e. The number of nitrogens with zero attached hydrogens (tertiary/aromatic N) is 3. The molecule has 0 saturated carbocycles. The lowest BCUT2D eigenvalue weighted by Crippen LogP contribution is -2.26. The molecule has 0 amide bonds. The molecule has 1 aromatic carbocycles. The maximum absolute atomic E-state index is 12.0. The second-order valence-corrected chi connectivity index (χ2v) is 7.77. The van der Waals surface area contributed by atoms with Crippen LogP contribution in [0.3, 0.4) is 0 Å². The first-order valence-corrected chi connectivity index (χ1v) is 9.97. The van der Waals surface area contributed by atoms with Gasteiger partial charge in [-0.15, -0.1) is 5.10 Å². The first-order valence-electron chi connectivity index (χ1n) is 8.43. The number of amidine groups is 1. The third-order valence-electron chi connectivity index (χ3n) is 3.82. The number of hydrazone groups is 1. The third kappa shape index (κ3) is 5.63. The molecule has 0 bridgehead atoms. The van der Waals surface area contributed by atoms with Crippen molar-refractivity contribution in [3.8, 4) is 17.0 Å². The Bertz CT molecular complexity index is 928. The second kappa shape index (κ2) is 9.46. The van der Waals surface area contributed by atoms with Gasteiger partial charge in [0.2, 0.25) is 15.9 Å². The van der Waals surface area contributed by atoms with Gasteiger partial charge in [0.05, 0.1) is 11.5 Å².